The van der Waals surface area contributed by atoms with Crippen molar-refractivity contribution in [2.24, 2.45) is 5.92 Å². The number of fused-ring (bicyclic) bond motifs is 7. The van der Waals surface area contributed by atoms with Gasteiger partial charge < -0.3 is 18.9 Å². The molecule has 6 rings (SSSR count). The summed E-state index contributed by atoms with van der Waals surface area (Å²) in [6.07, 6.45) is 11.1. The zero-order valence-corrected chi connectivity index (χ0v) is 14.4. The van der Waals surface area contributed by atoms with Gasteiger partial charge in [0.05, 0.1) is 6.61 Å². The highest BCUT2D eigenvalue weighted by Crippen LogP contribution is 2.50. The summed E-state index contributed by atoms with van der Waals surface area (Å²) in [5.74, 6) is 0.263. The normalized spacial score (nSPS) is 52.8. The summed E-state index contributed by atoms with van der Waals surface area (Å²) in [5, 5.41) is 0. The van der Waals surface area contributed by atoms with Crippen LogP contribution in [0.2, 0.25) is 0 Å². The van der Waals surface area contributed by atoms with Crippen LogP contribution in [-0.4, -0.2) is 60.5 Å². The van der Waals surface area contributed by atoms with Crippen LogP contribution in [0.5, 0.6) is 0 Å². The Morgan fingerprint density at radius 2 is 1.79 bits per heavy atom. The summed E-state index contributed by atoms with van der Waals surface area (Å²) in [5.41, 5.74) is 0. The molecular weight excluding hydrogens is 306 g/mol. The molecule has 1 saturated carbocycles. The van der Waals surface area contributed by atoms with Crippen molar-refractivity contribution in [3.05, 3.63) is 0 Å². The van der Waals surface area contributed by atoms with Crippen molar-refractivity contribution in [1.82, 2.24) is 4.90 Å². The van der Waals surface area contributed by atoms with Crippen molar-refractivity contribution in [3.63, 3.8) is 0 Å². The molecule has 0 aromatic rings. The molecule has 0 radical (unpaired) electrons. The van der Waals surface area contributed by atoms with E-state index in [2.05, 4.69) is 4.90 Å². The predicted molar refractivity (Wildman–Crippen MR) is 86.4 cm³/mol. The van der Waals surface area contributed by atoms with Crippen molar-refractivity contribution in [2.75, 3.05) is 13.2 Å². The summed E-state index contributed by atoms with van der Waals surface area (Å²) in [6.45, 7) is 2.11. The second kappa shape index (κ2) is 5.40. The molecule has 7 atom stereocenters. The third-order valence-corrected chi connectivity index (χ3v) is 7.46. The van der Waals surface area contributed by atoms with Gasteiger partial charge in [0.1, 0.15) is 18.3 Å². The van der Waals surface area contributed by atoms with E-state index in [1.807, 2.05) is 0 Å². The molecule has 5 saturated heterocycles. The van der Waals surface area contributed by atoms with E-state index in [0.717, 1.165) is 25.5 Å². The van der Waals surface area contributed by atoms with Crippen molar-refractivity contribution in [2.45, 2.75) is 100 Å². The Balaban J connectivity index is 1.23. The maximum Gasteiger partial charge on any atom is 0.190 e. The number of piperidine rings is 1. The van der Waals surface area contributed by atoms with E-state index < -0.39 is 0 Å². The fourth-order valence-corrected chi connectivity index (χ4v) is 6.43. The van der Waals surface area contributed by atoms with Crippen LogP contribution < -0.4 is 0 Å². The lowest BCUT2D eigenvalue weighted by molar-refractivity contribution is -0.261. The zero-order valence-electron chi connectivity index (χ0n) is 14.4. The lowest BCUT2D eigenvalue weighted by Gasteiger charge is -2.43. The van der Waals surface area contributed by atoms with Crippen LogP contribution in [0.25, 0.3) is 0 Å². The minimum atomic E-state index is -0.373. The molecule has 1 spiro atoms. The minimum Gasteiger partial charge on any atom is -0.372 e. The highest BCUT2D eigenvalue weighted by atomic mass is 16.8. The first-order chi connectivity index (χ1) is 11.8. The lowest BCUT2D eigenvalue weighted by atomic mass is 9.89. The topological polar surface area (TPSA) is 40.2 Å². The maximum absolute atomic E-state index is 6.48. The maximum atomic E-state index is 6.48. The van der Waals surface area contributed by atoms with Gasteiger partial charge in [-0.05, 0) is 38.6 Å². The average Bonchev–Trinajstić information content (AvgIpc) is 3.23. The molecule has 24 heavy (non-hydrogen) atoms. The van der Waals surface area contributed by atoms with Gasteiger partial charge in [0.15, 0.2) is 12.1 Å². The van der Waals surface area contributed by atoms with Crippen molar-refractivity contribution in [3.8, 4) is 0 Å². The molecule has 1 aliphatic carbocycles. The summed E-state index contributed by atoms with van der Waals surface area (Å²) >= 11 is 0. The molecule has 5 aliphatic heterocycles. The van der Waals surface area contributed by atoms with Gasteiger partial charge in [0, 0.05) is 30.8 Å². The quantitative estimate of drug-likeness (QED) is 0.680. The van der Waals surface area contributed by atoms with E-state index in [1.165, 1.54) is 51.5 Å². The van der Waals surface area contributed by atoms with Gasteiger partial charge in [-0.3, -0.25) is 4.90 Å². The smallest absolute Gasteiger partial charge is 0.190 e. The Bertz CT molecular complexity index is 508. The van der Waals surface area contributed by atoms with E-state index in [-0.39, 0.29) is 30.4 Å². The van der Waals surface area contributed by atoms with Gasteiger partial charge in [-0.25, -0.2) is 0 Å². The minimum absolute atomic E-state index is 0.0158. The van der Waals surface area contributed by atoms with Gasteiger partial charge >= 0.3 is 0 Å². The second-order valence-electron chi connectivity index (χ2n) is 8.81. The molecule has 0 unspecified atom stereocenters. The Hall–Kier alpha value is -0.200. The fourth-order valence-electron chi connectivity index (χ4n) is 6.43. The Kier molecular flexibility index (Phi) is 3.36. The van der Waals surface area contributed by atoms with Crippen LogP contribution in [0, 0.1) is 5.92 Å². The van der Waals surface area contributed by atoms with E-state index in [4.69, 9.17) is 18.9 Å². The van der Waals surface area contributed by atoms with Gasteiger partial charge in [-0.2, -0.15) is 0 Å². The van der Waals surface area contributed by atoms with Crippen LogP contribution in [-0.2, 0) is 18.9 Å². The van der Waals surface area contributed by atoms with E-state index in [9.17, 15) is 0 Å². The van der Waals surface area contributed by atoms with E-state index in [1.54, 1.807) is 0 Å². The predicted octanol–water partition coefficient (Wildman–Crippen LogP) is 2.43. The van der Waals surface area contributed by atoms with E-state index in [0.29, 0.717) is 12.0 Å². The summed E-state index contributed by atoms with van der Waals surface area (Å²) in [6, 6.07) is 1.28. The van der Waals surface area contributed by atoms with Crippen LogP contribution in [0.4, 0.5) is 0 Å². The number of ether oxygens (including phenoxy) is 4. The Labute approximate surface area is 143 Å². The summed E-state index contributed by atoms with van der Waals surface area (Å²) in [7, 11) is 0. The third kappa shape index (κ3) is 2.05. The molecule has 0 aromatic carbocycles. The highest BCUT2D eigenvalue weighted by molar-refractivity contribution is 5.09. The van der Waals surface area contributed by atoms with Crippen molar-refractivity contribution < 1.29 is 18.9 Å². The Morgan fingerprint density at radius 3 is 2.71 bits per heavy atom. The molecule has 134 valence electrons. The number of nitrogens with zero attached hydrogens (tertiary/aromatic N) is 1. The second-order valence-corrected chi connectivity index (χ2v) is 8.81. The number of hydrogen-bond donors (Lipinski definition) is 0. The van der Waals surface area contributed by atoms with Crippen molar-refractivity contribution in [1.29, 1.82) is 0 Å². The first-order valence-corrected chi connectivity index (χ1v) is 10.2. The number of hydrogen-bond acceptors (Lipinski definition) is 5. The van der Waals surface area contributed by atoms with Crippen LogP contribution in [0.1, 0.15) is 57.8 Å². The summed E-state index contributed by atoms with van der Waals surface area (Å²) in [4.78, 5) is 2.74. The molecular formula is C19H29NO4. The molecule has 0 bridgehead atoms. The molecule has 6 fully saturated rings. The monoisotopic (exact) mass is 335 g/mol. The van der Waals surface area contributed by atoms with Crippen LogP contribution in [0.15, 0.2) is 0 Å². The standard InChI is InChI=1S/C19H29NO4/c1-3-7-19(8-4-1)23-17-16-15(22-18(17)24-19)14-12(11-21-16)10-13-6-2-5-9-20(13)14/h12-18H,1-11H2/t12-,13+,14-,15+,16-,17+,18+/m0/s1. The highest BCUT2D eigenvalue weighted by Gasteiger charge is 2.64. The lowest BCUT2D eigenvalue weighted by Crippen LogP contribution is -2.56. The van der Waals surface area contributed by atoms with Gasteiger partial charge in [0.2, 0.25) is 0 Å². The first kappa shape index (κ1) is 14.9. The van der Waals surface area contributed by atoms with Gasteiger partial charge in [-0.15, -0.1) is 0 Å². The molecule has 0 amide bonds. The van der Waals surface area contributed by atoms with Crippen LogP contribution >= 0.6 is 0 Å². The third-order valence-electron chi connectivity index (χ3n) is 7.46. The van der Waals surface area contributed by atoms with Crippen LogP contribution in [0.3, 0.4) is 0 Å². The molecule has 5 nitrogen and oxygen atoms in total. The van der Waals surface area contributed by atoms with E-state index >= 15 is 0 Å². The molecule has 6 aliphatic rings. The summed E-state index contributed by atoms with van der Waals surface area (Å²) < 4.78 is 25.6. The fraction of sp³-hybridized carbons (Fsp3) is 1.00. The van der Waals surface area contributed by atoms with Crippen molar-refractivity contribution >= 4 is 0 Å². The first-order valence-electron chi connectivity index (χ1n) is 10.2. The zero-order chi connectivity index (χ0) is 15.7. The molecule has 5 heteroatoms. The SMILES string of the molecule is C1CCC2(CC1)O[C@H]1O[C@H]3[C@H](OC[C@@H]4C[C@H]5CCCCN5[C@@H]43)[C@H]1O2. The molecule has 5 heterocycles. The number of rotatable bonds is 0. The average molecular weight is 335 g/mol. The van der Waals surface area contributed by atoms with Gasteiger partial charge in [-0.1, -0.05) is 12.8 Å². The van der Waals surface area contributed by atoms with Gasteiger partial charge in [0.25, 0.3) is 0 Å². The largest absolute Gasteiger partial charge is 0.372 e. The Morgan fingerprint density at radius 1 is 0.875 bits per heavy atom. The molecule has 0 aromatic heterocycles. The molecule has 0 N–H and O–H groups in total.